The number of anilines is 1. The molecule has 3 rings (SSSR count). The number of carboxylic acid groups (broad SMARTS) is 1. The maximum Gasteiger partial charge on any atom is 0.335 e. The zero-order valence-corrected chi connectivity index (χ0v) is 9.45. The van der Waals surface area contributed by atoms with E-state index in [2.05, 4.69) is 0 Å². The van der Waals surface area contributed by atoms with E-state index in [4.69, 9.17) is 5.11 Å². The molecule has 1 saturated carbocycles. The molecule has 1 spiro atoms. The molecule has 90 valence electrons. The van der Waals surface area contributed by atoms with Gasteiger partial charge in [0, 0.05) is 18.5 Å². The van der Waals surface area contributed by atoms with E-state index in [1.54, 1.807) is 0 Å². The van der Waals surface area contributed by atoms with Crippen molar-refractivity contribution >= 4 is 11.7 Å². The van der Waals surface area contributed by atoms with Crippen LogP contribution in [0.2, 0.25) is 0 Å². The second-order valence-corrected chi connectivity index (χ2v) is 5.18. The van der Waals surface area contributed by atoms with Crippen LogP contribution in [0, 0.1) is 11.2 Å². The van der Waals surface area contributed by atoms with E-state index in [1.165, 1.54) is 37.5 Å². The van der Waals surface area contributed by atoms with Crippen molar-refractivity contribution in [2.45, 2.75) is 19.3 Å². The van der Waals surface area contributed by atoms with Crippen molar-refractivity contribution in [1.82, 2.24) is 0 Å². The van der Waals surface area contributed by atoms with Gasteiger partial charge in [0.05, 0.1) is 11.3 Å². The minimum atomic E-state index is -1.01. The van der Waals surface area contributed by atoms with E-state index in [9.17, 15) is 9.18 Å². The highest BCUT2D eigenvalue weighted by molar-refractivity contribution is 5.89. The molecular formula is C13H14FNO2. The summed E-state index contributed by atoms with van der Waals surface area (Å²) in [6.45, 7) is 1.74. The standard InChI is InChI=1S/C13H14FNO2/c14-10-3-2-9(12(16)17)6-11(10)15-7-13(8-15)4-1-5-13/h2-3,6H,1,4-5,7-8H2,(H,16,17). The van der Waals surface area contributed by atoms with Crippen LogP contribution in [0.5, 0.6) is 0 Å². The van der Waals surface area contributed by atoms with Crippen molar-refractivity contribution in [3.05, 3.63) is 29.6 Å². The molecule has 1 aliphatic carbocycles. The number of hydrogen-bond donors (Lipinski definition) is 1. The molecular weight excluding hydrogens is 221 g/mol. The molecule has 0 aromatic heterocycles. The van der Waals surface area contributed by atoms with Gasteiger partial charge < -0.3 is 10.0 Å². The van der Waals surface area contributed by atoms with Crippen LogP contribution in [0.1, 0.15) is 29.6 Å². The lowest BCUT2D eigenvalue weighted by Crippen LogP contribution is -2.60. The number of nitrogens with zero attached hydrogens (tertiary/aromatic N) is 1. The van der Waals surface area contributed by atoms with E-state index < -0.39 is 5.97 Å². The predicted molar refractivity (Wildman–Crippen MR) is 61.9 cm³/mol. The number of halogens is 1. The molecule has 4 heteroatoms. The van der Waals surface area contributed by atoms with Gasteiger partial charge in [-0.15, -0.1) is 0 Å². The van der Waals surface area contributed by atoms with E-state index in [-0.39, 0.29) is 11.4 Å². The Balaban J connectivity index is 1.83. The molecule has 2 aliphatic rings. The zero-order valence-electron chi connectivity index (χ0n) is 9.45. The average molecular weight is 235 g/mol. The molecule has 1 aromatic rings. The van der Waals surface area contributed by atoms with Crippen LogP contribution in [0.4, 0.5) is 10.1 Å². The zero-order chi connectivity index (χ0) is 12.0. The highest BCUT2D eigenvalue weighted by Gasteiger charge is 2.47. The first kappa shape index (κ1) is 10.6. The molecule has 1 heterocycles. The molecule has 17 heavy (non-hydrogen) atoms. The van der Waals surface area contributed by atoms with Gasteiger partial charge in [0.15, 0.2) is 0 Å². The first-order valence-corrected chi connectivity index (χ1v) is 5.88. The Morgan fingerprint density at radius 2 is 2.06 bits per heavy atom. The maximum absolute atomic E-state index is 13.6. The number of hydrogen-bond acceptors (Lipinski definition) is 2. The Kier molecular flexibility index (Phi) is 2.15. The van der Waals surface area contributed by atoms with E-state index in [1.807, 2.05) is 4.90 Å². The van der Waals surface area contributed by atoms with Gasteiger partial charge in [-0.1, -0.05) is 6.42 Å². The number of carboxylic acids is 1. The number of carbonyl (C=O) groups is 1. The first-order chi connectivity index (χ1) is 8.10. The summed E-state index contributed by atoms with van der Waals surface area (Å²) in [6, 6.07) is 3.98. The van der Waals surface area contributed by atoms with Crippen LogP contribution >= 0.6 is 0 Å². The first-order valence-electron chi connectivity index (χ1n) is 5.88. The summed E-state index contributed by atoms with van der Waals surface area (Å²) in [5.41, 5.74) is 0.990. The fourth-order valence-electron chi connectivity index (χ4n) is 2.81. The Morgan fingerprint density at radius 3 is 2.59 bits per heavy atom. The van der Waals surface area contributed by atoms with Crippen LogP contribution < -0.4 is 4.90 Å². The van der Waals surface area contributed by atoms with E-state index >= 15 is 0 Å². The van der Waals surface area contributed by atoms with Crippen molar-refractivity contribution in [3.8, 4) is 0 Å². The molecule has 0 atom stereocenters. The van der Waals surface area contributed by atoms with E-state index in [0.29, 0.717) is 11.1 Å². The van der Waals surface area contributed by atoms with Gasteiger partial charge in [0.1, 0.15) is 5.82 Å². The van der Waals surface area contributed by atoms with Crippen molar-refractivity contribution in [2.75, 3.05) is 18.0 Å². The van der Waals surface area contributed by atoms with Gasteiger partial charge in [-0.3, -0.25) is 0 Å². The smallest absolute Gasteiger partial charge is 0.335 e. The lowest BCUT2D eigenvalue weighted by molar-refractivity contribution is 0.0696. The lowest BCUT2D eigenvalue weighted by atomic mass is 9.63. The van der Waals surface area contributed by atoms with Gasteiger partial charge >= 0.3 is 5.97 Å². The monoisotopic (exact) mass is 235 g/mol. The summed E-state index contributed by atoms with van der Waals surface area (Å²) in [7, 11) is 0. The topological polar surface area (TPSA) is 40.5 Å². The highest BCUT2D eigenvalue weighted by Crippen LogP contribution is 2.49. The fourth-order valence-corrected chi connectivity index (χ4v) is 2.81. The summed E-state index contributed by atoms with van der Waals surface area (Å²) >= 11 is 0. The second kappa shape index (κ2) is 3.45. The second-order valence-electron chi connectivity index (χ2n) is 5.18. The minimum absolute atomic E-state index is 0.149. The Morgan fingerprint density at radius 1 is 1.35 bits per heavy atom. The SMILES string of the molecule is O=C(O)c1ccc(F)c(N2CC3(CCC3)C2)c1. The molecule has 2 fully saturated rings. The van der Waals surface area contributed by atoms with Gasteiger partial charge in [0.2, 0.25) is 0 Å². The largest absolute Gasteiger partial charge is 0.478 e. The third-order valence-electron chi connectivity index (χ3n) is 4.00. The third kappa shape index (κ3) is 1.59. The number of rotatable bonds is 2. The quantitative estimate of drug-likeness (QED) is 0.856. The fraction of sp³-hybridized carbons (Fsp3) is 0.462. The number of benzene rings is 1. The van der Waals surface area contributed by atoms with Gasteiger partial charge in [0.25, 0.3) is 0 Å². The Labute approximate surface area is 98.9 Å². The molecule has 0 unspecified atom stereocenters. The van der Waals surface area contributed by atoms with Crippen molar-refractivity contribution in [3.63, 3.8) is 0 Å². The van der Waals surface area contributed by atoms with E-state index in [0.717, 1.165) is 13.1 Å². The average Bonchev–Trinajstić information content (AvgIpc) is 2.15. The third-order valence-corrected chi connectivity index (χ3v) is 4.00. The maximum atomic E-state index is 13.6. The van der Waals surface area contributed by atoms with Crippen molar-refractivity contribution < 1.29 is 14.3 Å². The number of aromatic carboxylic acids is 1. The van der Waals surface area contributed by atoms with Crippen LogP contribution in [0.15, 0.2) is 18.2 Å². The lowest BCUT2D eigenvalue weighted by Gasteiger charge is -2.57. The normalized spacial score (nSPS) is 20.9. The van der Waals surface area contributed by atoms with Gasteiger partial charge in [-0.2, -0.15) is 0 Å². The molecule has 1 N–H and O–H groups in total. The summed E-state index contributed by atoms with van der Waals surface area (Å²) < 4.78 is 13.6. The summed E-state index contributed by atoms with van der Waals surface area (Å²) in [6.07, 6.45) is 3.72. The van der Waals surface area contributed by atoms with Crippen molar-refractivity contribution in [1.29, 1.82) is 0 Å². The molecule has 3 nitrogen and oxygen atoms in total. The Hall–Kier alpha value is -1.58. The molecule has 0 radical (unpaired) electrons. The van der Waals surface area contributed by atoms with Gasteiger partial charge in [-0.25, -0.2) is 9.18 Å². The van der Waals surface area contributed by atoms with Crippen LogP contribution in [0.25, 0.3) is 0 Å². The predicted octanol–water partition coefficient (Wildman–Crippen LogP) is 2.51. The van der Waals surface area contributed by atoms with Crippen molar-refractivity contribution in [2.24, 2.45) is 5.41 Å². The minimum Gasteiger partial charge on any atom is -0.478 e. The van der Waals surface area contributed by atoms with Gasteiger partial charge in [-0.05, 0) is 31.0 Å². The summed E-state index contributed by atoms with van der Waals surface area (Å²) in [4.78, 5) is 12.8. The summed E-state index contributed by atoms with van der Waals surface area (Å²) in [5, 5.41) is 8.89. The molecule has 0 bridgehead atoms. The molecule has 1 aromatic carbocycles. The van der Waals surface area contributed by atoms with Crippen LogP contribution in [0.3, 0.4) is 0 Å². The van der Waals surface area contributed by atoms with Crippen LogP contribution in [-0.4, -0.2) is 24.2 Å². The van der Waals surface area contributed by atoms with Crippen LogP contribution in [-0.2, 0) is 0 Å². The summed E-state index contributed by atoms with van der Waals surface area (Å²) in [5.74, 6) is -1.34. The molecule has 1 aliphatic heterocycles. The highest BCUT2D eigenvalue weighted by atomic mass is 19.1. The molecule has 0 amide bonds. The molecule has 1 saturated heterocycles. The Bertz CT molecular complexity index is 474.